The molecule has 0 atom stereocenters. The highest BCUT2D eigenvalue weighted by molar-refractivity contribution is 8.00. The molecule has 1 aliphatic carbocycles. The van der Waals surface area contributed by atoms with Crippen LogP contribution in [0, 0.1) is 6.92 Å². The molecule has 6 heteroatoms. The minimum atomic E-state index is 0.181. The summed E-state index contributed by atoms with van der Waals surface area (Å²) in [5, 5.41) is 1.95. The van der Waals surface area contributed by atoms with Crippen molar-refractivity contribution >= 4 is 39.6 Å². The van der Waals surface area contributed by atoms with Crippen molar-refractivity contribution in [1.29, 1.82) is 0 Å². The summed E-state index contributed by atoms with van der Waals surface area (Å²) < 4.78 is 0. The topological polar surface area (TPSA) is 61.9 Å². The molecule has 3 aromatic rings. The predicted molar refractivity (Wildman–Crippen MR) is 106 cm³/mol. The molecule has 1 fully saturated rings. The molecule has 2 aromatic heterocycles. The lowest BCUT2D eigenvalue weighted by atomic mass is 9.94. The number of carbonyl (C=O) groups is 1. The number of aromatic amines is 1. The Morgan fingerprint density at radius 2 is 2.08 bits per heavy atom. The van der Waals surface area contributed by atoms with Crippen molar-refractivity contribution in [2.45, 2.75) is 50.1 Å². The normalized spacial score (nSPS) is 15.6. The second-order valence-corrected chi connectivity index (χ2v) is 8.13. The number of hydrogen-bond donors (Lipinski definition) is 1. The molecule has 26 heavy (non-hydrogen) atoms. The minimum Gasteiger partial charge on any atom is -0.351 e. The third-order valence-electron chi connectivity index (χ3n) is 5.35. The number of fused-ring (bicyclic) bond motifs is 3. The Labute approximate surface area is 157 Å². The smallest absolute Gasteiger partial charge is 0.232 e. The zero-order chi connectivity index (χ0) is 18.1. The molecule has 5 nitrogen and oxygen atoms in total. The molecule has 1 saturated carbocycles. The molecule has 2 heterocycles. The number of thioether (sulfide) groups is 1. The fourth-order valence-electron chi connectivity index (χ4n) is 3.80. The number of aromatic nitrogens is 3. The first kappa shape index (κ1) is 17.3. The van der Waals surface area contributed by atoms with Gasteiger partial charge in [-0.25, -0.2) is 9.97 Å². The average molecular weight is 369 g/mol. The van der Waals surface area contributed by atoms with E-state index in [0.717, 1.165) is 39.8 Å². The van der Waals surface area contributed by atoms with E-state index in [0.29, 0.717) is 11.8 Å². The van der Waals surface area contributed by atoms with Crippen molar-refractivity contribution in [2.75, 3.05) is 12.8 Å². The maximum absolute atomic E-state index is 12.6. The third kappa shape index (κ3) is 3.30. The van der Waals surface area contributed by atoms with Gasteiger partial charge in [0.25, 0.3) is 0 Å². The van der Waals surface area contributed by atoms with Crippen molar-refractivity contribution in [3.05, 3.63) is 30.1 Å². The standard InChI is InChI=1S/C20H24N4OS/c1-13-8-9-16-15(10-13)18-19(23-16)20(22-12-21-18)26-11-17(25)24(2)14-6-4-3-5-7-14/h8-10,12,14,23H,3-7,11H2,1-2H3. The van der Waals surface area contributed by atoms with Crippen LogP contribution in [0.25, 0.3) is 21.9 Å². The third-order valence-corrected chi connectivity index (χ3v) is 6.32. The highest BCUT2D eigenvalue weighted by Gasteiger charge is 2.22. The van der Waals surface area contributed by atoms with E-state index in [1.54, 1.807) is 6.33 Å². The zero-order valence-electron chi connectivity index (χ0n) is 15.3. The van der Waals surface area contributed by atoms with Crippen LogP contribution in [-0.4, -0.2) is 44.6 Å². The zero-order valence-corrected chi connectivity index (χ0v) is 16.1. The lowest BCUT2D eigenvalue weighted by Crippen LogP contribution is -2.39. The number of H-pyrrole nitrogens is 1. The van der Waals surface area contributed by atoms with Gasteiger partial charge in [-0.2, -0.15) is 0 Å². The molecule has 1 aromatic carbocycles. The molecule has 1 N–H and O–H groups in total. The van der Waals surface area contributed by atoms with Gasteiger partial charge < -0.3 is 9.88 Å². The number of rotatable bonds is 4. The van der Waals surface area contributed by atoms with E-state index in [4.69, 9.17) is 0 Å². The molecular weight excluding hydrogens is 344 g/mol. The highest BCUT2D eigenvalue weighted by atomic mass is 32.2. The number of amides is 1. The summed E-state index contributed by atoms with van der Waals surface area (Å²) >= 11 is 1.50. The maximum atomic E-state index is 12.6. The lowest BCUT2D eigenvalue weighted by Gasteiger charge is -2.31. The van der Waals surface area contributed by atoms with Crippen molar-refractivity contribution in [1.82, 2.24) is 19.9 Å². The van der Waals surface area contributed by atoms with E-state index in [2.05, 4.69) is 40.1 Å². The molecule has 0 radical (unpaired) electrons. The summed E-state index contributed by atoms with van der Waals surface area (Å²) in [7, 11) is 1.94. The molecule has 136 valence electrons. The van der Waals surface area contributed by atoms with Gasteiger partial charge in [-0.05, 0) is 31.9 Å². The summed E-state index contributed by atoms with van der Waals surface area (Å²) in [6, 6.07) is 6.69. The lowest BCUT2D eigenvalue weighted by molar-refractivity contribution is -0.129. The van der Waals surface area contributed by atoms with E-state index in [1.807, 2.05) is 11.9 Å². The van der Waals surface area contributed by atoms with E-state index in [1.165, 1.54) is 36.6 Å². The number of aryl methyl sites for hydroxylation is 1. The predicted octanol–water partition coefficient (Wildman–Crippen LogP) is 4.30. The average Bonchev–Trinajstić information content (AvgIpc) is 3.04. The Bertz CT molecular complexity index is 946. The van der Waals surface area contributed by atoms with E-state index >= 15 is 0 Å². The Morgan fingerprint density at radius 3 is 2.88 bits per heavy atom. The van der Waals surface area contributed by atoms with Crippen LogP contribution in [0.5, 0.6) is 0 Å². The SMILES string of the molecule is Cc1ccc2[nH]c3c(SCC(=O)N(C)C4CCCCC4)ncnc3c2c1. The number of nitrogens with one attached hydrogen (secondary N) is 1. The summed E-state index contributed by atoms with van der Waals surface area (Å²) in [5.41, 5.74) is 4.11. The molecule has 1 aliphatic rings. The van der Waals surface area contributed by atoms with Crippen LogP contribution in [0.15, 0.2) is 29.6 Å². The van der Waals surface area contributed by atoms with Gasteiger partial charge in [-0.15, -0.1) is 0 Å². The van der Waals surface area contributed by atoms with Gasteiger partial charge in [-0.3, -0.25) is 4.79 Å². The van der Waals surface area contributed by atoms with Crippen LogP contribution in [-0.2, 0) is 4.79 Å². The van der Waals surface area contributed by atoms with Crippen LogP contribution in [0.1, 0.15) is 37.7 Å². The van der Waals surface area contributed by atoms with Gasteiger partial charge in [0.2, 0.25) is 5.91 Å². The van der Waals surface area contributed by atoms with Gasteiger partial charge in [0.15, 0.2) is 0 Å². The van der Waals surface area contributed by atoms with E-state index < -0.39 is 0 Å². The second-order valence-electron chi connectivity index (χ2n) is 7.16. The van der Waals surface area contributed by atoms with Crippen molar-refractivity contribution in [3.63, 3.8) is 0 Å². The number of carbonyl (C=O) groups excluding carboxylic acids is 1. The van der Waals surface area contributed by atoms with Gasteiger partial charge in [0.05, 0.1) is 11.3 Å². The molecular formula is C20H24N4OS. The van der Waals surface area contributed by atoms with Gasteiger partial charge in [0.1, 0.15) is 16.9 Å². The van der Waals surface area contributed by atoms with E-state index in [-0.39, 0.29) is 5.91 Å². The second kappa shape index (κ2) is 7.27. The number of benzene rings is 1. The highest BCUT2D eigenvalue weighted by Crippen LogP contribution is 2.30. The van der Waals surface area contributed by atoms with Crippen LogP contribution in [0.2, 0.25) is 0 Å². The van der Waals surface area contributed by atoms with E-state index in [9.17, 15) is 4.79 Å². The van der Waals surface area contributed by atoms with Crippen molar-refractivity contribution in [2.24, 2.45) is 0 Å². The number of nitrogens with zero attached hydrogens (tertiary/aromatic N) is 3. The van der Waals surface area contributed by atoms with Crippen LogP contribution < -0.4 is 0 Å². The molecule has 0 spiro atoms. The molecule has 0 unspecified atom stereocenters. The van der Waals surface area contributed by atoms with Crippen molar-refractivity contribution < 1.29 is 4.79 Å². The summed E-state index contributed by atoms with van der Waals surface area (Å²) in [5.74, 6) is 0.591. The van der Waals surface area contributed by atoms with Gasteiger partial charge in [-0.1, -0.05) is 42.7 Å². The monoisotopic (exact) mass is 368 g/mol. The van der Waals surface area contributed by atoms with Crippen LogP contribution >= 0.6 is 11.8 Å². The largest absolute Gasteiger partial charge is 0.351 e. The first-order valence-electron chi connectivity index (χ1n) is 9.25. The maximum Gasteiger partial charge on any atom is 0.232 e. The quantitative estimate of drug-likeness (QED) is 0.551. The summed E-state index contributed by atoms with van der Waals surface area (Å²) in [6.07, 6.45) is 7.62. The molecule has 0 bridgehead atoms. The van der Waals surface area contributed by atoms with Gasteiger partial charge in [0, 0.05) is 24.0 Å². The Kier molecular flexibility index (Phi) is 4.85. The van der Waals surface area contributed by atoms with Crippen LogP contribution in [0.4, 0.5) is 0 Å². The molecule has 0 saturated heterocycles. The minimum absolute atomic E-state index is 0.181. The molecule has 4 rings (SSSR count). The Balaban J connectivity index is 1.53. The molecule has 0 aliphatic heterocycles. The summed E-state index contributed by atoms with van der Waals surface area (Å²) in [6.45, 7) is 2.08. The van der Waals surface area contributed by atoms with Crippen LogP contribution in [0.3, 0.4) is 0 Å². The number of hydrogen-bond acceptors (Lipinski definition) is 4. The first-order chi connectivity index (χ1) is 12.6. The Morgan fingerprint density at radius 1 is 1.27 bits per heavy atom. The first-order valence-corrected chi connectivity index (χ1v) is 10.2. The van der Waals surface area contributed by atoms with Gasteiger partial charge >= 0.3 is 0 Å². The van der Waals surface area contributed by atoms with Crippen molar-refractivity contribution in [3.8, 4) is 0 Å². The Hall–Kier alpha value is -2.08. The fraction of sp³-hybridized carbons (Fsp3) is 0.450. The fourth-order valence-corrected chi connectivity index (χ4v) is 4.67. The molecule has 1 amide bonds. The summed E-state index contributed by atoms with van der Waals surface area (Å²) in [4.78, 5) is 26.9.